The summed E-state index contributed by atoms with van der Waals surface area (Å²) in [7, 11) is 1.61. The van der Waals surface area contributed by atoms with E-state index >= 15 is 0 Å². The Labute approximate surface area is 190 Å². The number of benzene rings is 2. The fraction of sp³-hybridized carbons (Fsp3) is 0.407. The van der Waals surface area contributed by atoms with Crippen molar-refractivity contribution in [1.82, 2.24) is 4.90 Å². The van der Waals surface area contributed by atoms with Crippen LogP contribution in [0.15, 0.2) is 48.0 Å². The van der Waals surface area contributed by atoms with Crippen molar-refractivity contribution in [3.63, 3.8) is 0 Å². The van der Waals surface area contributed by atoms with Gasteiger partial charge in [0.05, 0.1) is 18.7 Å². The van der Waals surface area contributed by atoms with E-state index in [4.69, 9.17) is 4.74 Å². The zero-order valence-electron chi connectivity index (χ0n) is 19.9. The molecule has 1 aliphatic rings. The van der Waals surface area contributed by atoms with Crippen molar-refractivity contribution in [3.05, 3.63) is 70.3 Å². The molecule has 0 spiro atoms. The maximum atomic E-state index is 13.1. The Hall–Kier alpha value is -3.08. The molecule has 1 N–H and O–H groups in total. The molecule has 170 valence electrons. The predicted molar refractivity (Wildman–Crippen MR) is 127 cm³/mol. The first-order valence-corrected chi connectivity index (χ1v) is 11.1. The quantitative estimate of drug-likeness (QED) is 0.368. The molecule has 0 bridgehead atoms. The summed E-state index contributed by atoms with van der Waals surface area (Å²) in [6.45, 7) is 10.7. The number of carbonyl (C=O) groups is 2. The van der Waals surface area contributed by atoms with E-state index in [9.17, 15) is 14.7 Å². The number of carbonyl (C=O) groups excluding carboxylic acids is 2. The van der Waals surface area contributed by atoms with Crippen molar-refractivity contribution in [3.8, 4) is 5.75 Å². The van der Waals surface area contributed by atoms with Crippen LogP contribution in [0.1, 0.15) is 68.8 Å². The molecule has 0 radical (unpaired) electrons. The number of amides is 1. The first kappa shape index (κ1) is 23.6. The summed E-state index contributed by atoms with van der Waals surface area (Å²) < 4.78 is 5.51. The highest BCUT2D eigenvalue weighted by atomic mass is 16.5. The summed E-state index contributed by atoms with van der Waals surface area (Å²) in [5.41, 5.74) is 3.18. The molecule has 32 heavy (non-hydrogen) atoms. The molecule has 3 rings (SSSR count). The van der Waals surface area contributed by atoms with E-state index in [-0.39, 0.29) is 16.7 Å². The number of methoxy groups -OCH3 is 1. The van der Waals surface area contributed by atoms with Gasteiger partial charge in [-0.25, -0.2) is 0 Å². The monoisotopic (exact) mass is 435 g/mol. The lowest BCUT2D eigenvalue weighted by atomic mass is 9.84. The first-order valence-electron chi connectivity index (χ1n) is 11.1. The molecule has 1 heterocycles. The Balaban J connectivity index is 2.22. The van der Waals surface area contributed by atoms with E-state index in [0.29, 0.717) is 17.9 Å². The summed E-state index contributed by atoms with van der Waals surface area (Å²) in [5, 5.41) is 11.3. The molecule has 1 amide bonds. The highest BCUT2D eigenvalue weighted by Gasteiger charge is 2.45. The average Bonchev–Trinajstić information content (AvgIpc) is 3.00. The Morgan fingerprint density at radius 3 is 2.44 bits per heavy atom. The van der Waals surface area contributed by atoms with Crippen LogP contribution in [-0.4, -0.2) is 35.4 Å². The number of unbranched alkanes of at least 4 members (excludes halogenated alkanes) is 1. The molecule has 1 fully saturated rings. The number of ketones is 1. The van der Waals surface area contributed by atoms with Crippen molar-refractivity contribution in [1.29, 1.82) is 0 Å². The molecule has 5 nitrogen and oxygen atoms in total. The van der Waals surface area contributed by atoms with Crippen molar-refractivity contribution >= 4 is 17.4 Å². The lowest BCUT2D eigenvalue weighted by molar-refractivity contribution is -0.139. The van der Waals surface area contributed by atoms with Crippen LogP contribution in [0.2, 0.25) is 0 Å². The fourth-order valence-electron chi connectivity index (χ4n) is 4.22. The highest BCUT2D eigenvalue weighted by molar-refractivity contribution is 6.46. The highest BCUT2D eigenvalue weighted by Crippen LogP contribution is 2.41. The third-order valence-electron chi connectivity index (χ3n) is 5.93. The smallest absolute Gasteiger partial charge is 0.295 e. The van der Waals surface area contributed by atoms with Crippen LogP contribution in [0.25, 0.3) is 5.76 Å². The van der Waals surface area contributed by atoms with Gasteiger partial charge in [-0.3, -0.25) is 9.59 Å². The van der Waals surface area contributed by atoms with Gasteiger partial charge in [0.1, 0.15) is 11.5 Å². The van der Waals surface area contributed by atoms with Crippen LogP contribution in [0.5, 0.6) is 5.75 Å². The van der Waals surface area contributed by atoms with Crippen LogP contribution in [-0.2, 0) is 15.0 Å². The lowest BCUT2D eigenvalue weighted by Gasteiger charge is -2.26. The van der Waals surface area contributed by atoms with Crippen LogP contribution >= 0.6 is 0 Å². The van der Waals surface area contributed by atoms with Gasteiger partial charge >= 0.3 is 0 Å². The van der Waals surface area contributed by atoms with Gasteiger partial charge in [0.25, 0.3) is 11.7 Å². The Kier molecular flexibility index (Phi) is 6.77. The zero-order valence-corrected chi connectivity index (χ0v) is 19.9. The molecule has 1 saturated heterocycles. The SMILES string of the molecule is CCCCN1C(=O)C(=O)/C(=C(\O)c2ccc(OC)c(C(C)(C)C)c2)C1c1cccc(C)c1. The second-order valence-electron chi connectivity index (χ2n) is 9.43. The number of aliphatic hydroxyl groups is 1. The summed E-state index contributed by atoms with van der Waals surface area (Å²) in [6.07, 6.45) is 1.68. The normalized spacial score (nSPS) is 18.3. The molecule has 2 aromatic rings. The number of hydrogen-bond acceptors (Lipinski definition) is 4. The van der Waals surface area contributed by atoms with Crippen molar-refractivity contribution in [2.45, 2.75) is 58.9 Å². The van der Waals surface area contributed by atoms with E-state index < -0.39 is 17.7 Å². The number of aryl methyl sites for hydroxylation is 1. The lowest BCUT2D eigenvalue weighted by Crippen LogP contribution is -2.30. The van der Waals surface area contributed by atoms with Gasteiger partial charge in [-0.2, -0.15) is 0 Å². The predicted octanol–water partition coefficient (Wildman–Crippen LogP) is 5.52. The second kappa shape index (κ2) is 9.19. The standard InChI is InChI=1S/C27H33NO4/c1-7-8-14-28-23(18-11-9-10-17(2)15-18)22(25(30)26(28)31)24(29)19-12-13-21(32-6)20(16-19)27(3,4)5/h9-13,15-16,23,29H,7-8,14H2,1-6H3/b24-22-. The summed E-state index contributed by atoms with van der Waals surface area (Å²) >= 11 is 0. The molecular formula is C27H33NO4. The molecule has 0 aliphatic carbocycles. The first-order chi connectivity index (χ1) is 15.1. The maximum absolute atomic E-state index is 13.1. The van der Waals surface area contributed by atoms with Gasteiger partial charge < -0.3 is 14.7 Å². The minimum absolute atomic E-state index is 0.140. The average molecular weight is 436 g/mol. The topological polar surface area (TPSA) is 66.8 Å². The molecule has 1 atom stereocenters. The van der Waals surface area contributed by atoms with E-state index in [2.05, 4.69) is 20.8 Å². The van der Waals surface area contributed by atoms with E-state index in [1.54, 1.807) is 24.1 Å². The minimum Gasteiger partial charge on any atom is -0.507 e. The van der Waals surface area contributed by atoms with Crippen LogP contribution in [0.4, 0.5) is 0 Å². The molecule has 5 heteroatoms. The number of Topliss-reactive ketones (excluding diaryl/α,β-unsaturated/α-hetero) is 1. The van der Waals surface area contributed by atoms with Crippen LogP contribution in [0, 0.1) is 6.92 Å². The summed E-state index contributed by atoms with van der Waals surface area (Å²) in [6, 6.07) is 12.5. The summed E-state index contributed by atoms with van der Waals surface area (Å²) in [5.74, 6) is -0.635. The second-order valence-corrected chi connectivity index (χ2v) is 9.43. The molecule has 1 aliphatic heterocycles. The number of nitrogens with zero attached hydrogens (tertiary/aromatic N) is 1. The van der Waals surface area contributed by atoms with Gasteiger partial charge in [-0.1, -0.05) is 63.9 Å². The molecule has 0 aromatic heterocycles. The molecule has 0 saturated carbocycles. The zero-order chi connectivity index (χ0) is 23.6. The molecule has 1 unspecified atom stereocenters. The largest absolute Gasteiger partial charge is 0.507 e. The fourth-order valence-corrected chi connectivity index (χ4v) is 4.22. The van der Waals surface area contributed by atoms with E-state index in [1.807, 2.05) is 44.2 Å². The van der Waals surface area contributed by atoms with Crippen LogP contribution in [0.3, 0.4) is 0 Å². The molecular weight excluding hydrogens is 402 g/mol. The van der Waals surface area contributed by atoms with Crippen molar-refractivity contribution in [2.75, 3.05) is 13.7 Å². The minimum atomic E-state index is -0.641. The number of ether oxygens (including phenoxy) is 1. The van der Waals surface area contributed by atoms with Gasteiger partial charge in [-0.15, -0.1) is 0 Å². The van der Waals surface area contributed by atoms with Crippen molar-refractivity contribution in [2.24, 2.45) is 0 Å². The maximum Gasteiger partial charge on any atom is 0.295 e. The van der Waals surface area contributed by atoms with Gasteiger partial charge in [0.15, 0.2) is 0 Å². The Morgan fingerprint density at radius 1 is 1.12 bits per heavy atom. The van der Waals surface area contributed by atoms with Gasteiger partial charge in [0, 0.05) is 17.7 Å². The summed E-state index contributed by atoms with van der Waals surface area (Å²) in [4.78, 5) is 27.7. The van der Waals surface area contributed by atoms with Crippen molar-refractivity contribution < 1.29 is 19.4 Å². The number of hydrogen-bond donors (Lipinski definition) is 1. The Morgan fingerprint density at radius 2 is 1.84 bits per heavy atom. The third-order valence-corrected chi connectivity index (χ3v) is 5.93. The number of rotatable bonds is 6. The van der Waals surface area contributed by atoms with E-state index in [0.717, 1.165) is 29.5 Å². The van der Waals surface area contributed by atoms with E-state index in [1.165, 1.54) is 0 Å². The number of likely N-dealkylation sites (tertiary alicyclic amines) is 1. The number of aliphatic hydroxyl groups excluding tert-OH is 1. The Bertz CT molecular complexity index is 1060. The van der Waals surface area contributed by atoms with Gasteiger partial charge in [0.2, 0.25) is 0 Å². The third kappa shape index (κ3) is 4.43. The molecule has 2 aromatic carbocycles. The van der Waals surface area contributed by atoms with Gasteiger partial charge in [-0.05, 0) is 42.5 Å². The van der Waals surface area contributed by atoms with Crippen LogP contribution < -0.4 is 4.74 Å².